The van der Waals surface area contributed by atoms with E-state index < -0.39 is 0 Å². The molecule has 0 aliphatic heterocycles. The van der Waals surface area contributed by atoms with E-state index in [0.29, 0.717) is 10.6 Å². The molecule has 0 aliphatic rings. The van der Waals surface area contributed by atoms with Gasteiger partial charge in [-0.25, -0.2) is 0 Å². The van der Waals surface area contributed by atoms with Gasteiger partial charge in [-0.2, -0.15) is 0 Å². The first-order valence-corrected chi connectivity index (χ1v) is 7.94. The first kappa shape index (κ1) is 15.4. The number of thiophene rings is 1. The van der Waals surface area contributed by atoms with Crippen LogP contribution < -0.4 is 5.32 Å². The van der Waals surface area contributed by atoms with Crippen LogP contribution in [0.15, 0.2) is 35.2 Å². The smallest absolute Gasteiger partial charge is 0.253 e. The average molecular weight is 326 g/mol. The molecule has 1 aromatic carbocycles. The highest BCUT2D eigenvalue weighted by molar-refractivity contribution is 7.80. The predicted molar refractivity (Wildman–Crippen MR) is 88.4 cm³/mol. The number of rotatable bonds is 4. The van der Waals surface area contributed by atoms with Crippen LogP contribution in [0.1, 0.15) is 27.0 Å². The lowest BCUT2D eigenvalue weighted by Gasteiger charge is -2.14. The Kier molecular flexibility index (Phi) is 5.13. The first-order valence-electron chi connectivity index (χ1n) is 6.30. The number of hydrogen-bond acceptors (Lipinski definition) is 3. The van der Waals surface area contributed by atoms with Gasteiger partial charge in [-0.1, -0.05) is 11.6 Å². The van der Waals surface area contributed by atoms with Crippen LogP contribution >= 0.6 is 35.6 Å². The normalized spacial score (nSPS) is 12.2. The van der Waals surface area contributed by atoms with Crippen LogP contribution in [-0.4, -0.2) is 11.9 Å². The number of carbonyl (C=O) groups is 1. The number of carbonyl (C=O) groups excluding carboxylic acids is 1. The third kappa shape index (κ3) is 4.01. The van der Waals surface area contributed by atoms with Crippen LogP contribution in [0.5, 0.6) is 0 Å². The van der Waals surface area contributed by atoms with E-state index in [-0.39, 0.29) is 11.9 Å². The Morgan fingerprint density at radius 3 is 2.80 bits per heavy atom. The van der Waals surface area contributed by atoms with E-state index in [4.69, 9.17) is 11.6 Å². The molecule has 0 aliphatic carbocycles. The van der Waals surface area contributed by atoms with Crippen molar-refractivity contribution < 1.29 is 4.79 Å². The zero-order valence-corrected chi connectivity index (χ0v) is 13.8. The van der Waals surface area contributed by atoms with Gasteiger partial charge >= 0.3 is 0 Å². The molecule has 2 nitrogen and oxygen atoms in total. The summed E-state index contributed by atoms with van der Waals surface area (Å²) in [6.45, 7) is 4.07. The maximum absolute atomic E-state index is 12.2. The van der Waals surface area contributed by atoms with Crippen molar-refractivity contribution in [3.63, 3.8) is 0 Å². The van der Waals surface area contributed by atoms with Crippen LogP contribution in [0, 0.1) is 6.92 Å². The largest absolute Gasteiger partial charge is 0.349 e. The molecular formula is C15H16ClNOS2. The summed E-state index contributed by atoms with van der Waals surface area (Å²) >= 11 is 12.0. The molecule has 2 aromatic rings. The third-order valence-corrected chi connectivity index (χ3v) is 4.51. The van der Waals surface area contributed by atoms with E-state index in [1.807, 2.05) is 6.92 Å². The lowest BCUT2D eigenvalue weighted by molar-refractivity contribution is 0.0940. The third-order valence-electron chi connectivity index (χ3n) is 2.88. The van der Waals surface area contributed by atoms with Crippen molar-refractivity contribution in [3.8, 4) is 0 Å². The van der Waals surface area contributed by atoms with Crippen LogP contribution in [0.25, 0.3) is 0 Å². The van der Waals surface area contributed by atoms with Crippen molar-refractivity contribution in [1.29, 1.82) is 0 Å². The number of aryl methyl sites for hydroxylation is 1. The van der Waals surface area contributed by atoms with Gasteiger partial charge in [0.15, 0.2) is 0 Å². The Labute approximate surface area is 133 Å². The summed E-state index contributed by atoms with van der Waals surface area (Å²) in [6, 6.07) is 9.38. The van der Waals surface area contributed by atoms with Gasteiger partial charge in [-0.15, -0.1) is 24.0 Å². The van der Waals surface area contributed by atoms with Crippen molar-refractivity contribution in [2.75, 3.05) is 0 Å². The summed E-state index contributed by atoms with van der Waals surface area (Å²) in [5, 5.41) is 3.42. The van der Waals surface area contributed by atoms with E-state index >= 15 is 0 Å². The summed E-state index contributed by atoms with van der Waals surface area (Å²) < 4.78 is 0. The number of thiol groups is 1. The maximum atomic E-state index is 12.2. The Bertz CT molecular complexity index is 624. The van der Waals surface area contributed by atoms with Gasteiger partial charge in [0, 0.05) is 27.1 Å². The van der Waals surface area contributed by atoms with Crippen molar-refractivity contribution in [2.45, 2.75) is 31.2 Å². The van der Waals surface area contributed by atoms with Gasteiger partial charge in [-0.3, -0.25) is 4.79 Å². The van der Waals surface area contributed by atoms with Crippen molar-refractivity contribution in [1.82, 2.24) is 5.32 Å². The minimum atomic E-state index is -0.160. The van der Waals surface area contributed by atoms with Gasteiger partial charge < -0.3 is 5.32 Å². The topological polar surface area (TPSA) is 29.1 Å². The first-order chi connectivity index (χ1) is 9.45. The van der Waals surface area contributed by atoms with E-state index in [1.54, 1.807) is 29.5 Å². The number of benzene rings is 1. The lowest BCUT2D eigenvalue weighted by Crippen LogP contribution is -2.34. The molecule has 1 aromatic heterocycles. The van der Waals surface area contributed by atoms with Crippen LogP contribution in [-0.2, 0) is 6.42 Å². The molecular weight excluding hydrogens is 310 g/mol. The summed E-state index contributed by atoms with van der Waals surface area (Å²) in [6.07, 6.45) is 0.822. The minimum absolute atomic E-state index is 0.0557. The van der Waals surface area contributed by atoms with E-state index in [9.17, 15) is 4.79 Å². The monoisotopic (exact) mass is 325 g/mol. The molecule has 5 heteroatoms. The molecule has 1 atom stereocenters. The number of amides is 1. The summed E-state index contributed by atoms with van der Waals surface area (Å²) in [5.74, 6) is -0.160. The highest BCUT2D eigenvalue weighted by atomic mass is 35.5. The van der Waals surface area contributed by atoms with Crippen molar-refractivity contribution in [2.24, 2.45) is 0 Å². The molecule has 0 saturated carbocycles. The van der Waals surface area contributed by atoms with Gasteiger partial charge in [-0.05, 0) is 44.2 Å². The molecule has 1 N–H and O–H groups in total. The Balaban J connectivity index is 2.02. The fourth-order valence-electron chi connectivity index (χ4n) is 1.94. The Morgan fingerprint density at radius 2 is 2.15 bits per heavy atom. The standard InChI is InChI=1S/C15H16ClNOS2/c1-9(7-12-5-3-10(2)20-12)17-15(18)13-8-11(19)4-6-14(13)16/h3-6,8-9,19H,7H2,1-2H3,(H,17,18). The molecule has 106 valence electrons. The Morgan fingerprint density at radius 1 is 1.40 bits per heavy atom. The summed E-state index contributed by atoms with van der Waals surface area (Å²) in [4.78, 5) is 15.5. The SMILES string of the molecule is Cc1ccc(CC(C)NC(=O)c2cc(S)ccc2Cl)s1. The molecule has 2 rings (SSSR count). The second kappa shape index (κ2) is 6.66. The predicted octanol–water partition coefficient (Wildman–Crippen LogP) is 4.36. The highest BCUT2D eigenvalue weighted by Gasteiger charge is 2.14. The molecule has 1 unspecified atom stereocenters. The lowest BCUT2D eigenvalue weighted by atomic mass is 10.1. The molecule has 1 heterocycles. The Hall–Kier alpha value is -0.970. The second-order valence-corrected chi connectivity index (χ2v) is 7.05. The molecule has 0 radical (unpaired) electrons. The molecule has 0 fully saturated rings. The minimum Gasteiger partial charge on any atom is -0.349 e. The number of nitrogens with one attached hydrogen (secondary N) is 1. The van der Waals surface area contributed by atoms with E-state index in [0.717, 1.165) is 11.3 Å². The van der Waals surface area contributed by atoms with E-state index in [1.165, 1.54) is 9.75 Å². The number of hydrogen-bond donors (Lipinski definition) is 2. The van der Waals surface area contributed by atoms with Crippen LogP contribution in [0.3, 0.4) is 0 Å². The zero-order chi connectivity index (χ0) is 14.7. The molecule has 0 saturated heterocycles. The fraction of sp³-hybridized carbons (Fsp3) is 0.267. The van der Waals surface area contributed by atoms with Crippen molar-refractivity contribution >= 4 is 41.5 Å². The van der Waals surface area contributed by atoms with Crippen molar-refractivity contribution in [3.05, 3.63) is 50.7 Å². The van der Waals surface area contributed by atoms with Crippen LogP contribution in [0.4, 0.5) is 0 Å². The molecule has 0 spiro atoms. The fourth-order valence-corrected chi connectivity index (χ4v) is 3.36. The van der Waals surface area contributed by atoms with Crippen LogP contribution in [0.2, 0.25) is 5.02 Å². The average Bonchev–Trinajstić information content (AvgIpc) is 2.77. The molecule has 0 bridgehead atoms. The van der Waals surface area contributed by atoms with Gasteiger partial charge in [0.05, 0.1) is 10.6 Å². The van der Waals surface area contributed by atoms with Gasteiger partial charge in [0.25, 0.3) is 5.91 Å². The van der Waals surface area contributed by atoms with Gasteiger partial charge in [0.1, 0.15) is 0 Å². The molecule has 1 amide bonds. The van der Waals surface area contributed by atoms with E-state index in [2.05, 4.69) is 37.0 Å². The zero-order valence-electron chi connectivity index (χ0n) is 11.3. The van der Waals surface area contributed by atoms with Gasteiger partial charge in [0.2, 0.25) is 0 Å². The quantitative estimate of drug-likeness (QED) is 0.803. The molecule has 20 heavy (non-hydrogen) atoms. The number of halogens is 1. The summed E-state index contributed by atoms with van der Waals surface area (Å²) in [5.41, 5.74) is 0.466. The summed E-state index contributed by atoms with van der Waals surface area (Å²) in [7, 11) is 0. The second-order valence-electron chi connectivity index (χ2n) is 4.76. The maximum Gasteiger partial charge on any atom is 0.253 e. The highest BCUT2D eigenvalue weighted by Crippen LogP contribution is 2.20.